The standard InChI is InChI=1S/C27H24N6O/c1-19-15-20(2)32(31-19)26-12-11-21(17-28-26)18-29-27(34)23-9-6-10-24(16-23)33-25(13-14-30-33)22-7-4-3-5-8-22/h3-17H,18H2,1-2H3,(H,29,34). The van der Waals surface area contributed by atoms with Crippen LogP contribution in [0.1, 0.15) is 27.3 Å². The topological polar surface area (TPSA) is 77.6 Å². The third-order valence-corrected chi connectivity index (χ3v) is 5.55. The molecule has 7 heteroatoms. The third kappa shape index (κ3) is 4.36. The van der Waals surface area contributed by atoms with Crippen LogP contribution in [0.3, 0.4) is 0 Å². The van der Waals surface area contributed by atoms with Gasteiger partial charge in [0, 0.05) is 29.6 Å². The minimum absolute atomic E-state index is 0.155. The van der Waals surface area contributed by atoms with Crippen LogP contribution in [-0.2, 0) is 6.54 Å². The number of amides is 1. The van der Waals surface area contributed by atoms with E-state index in [1.54, 1.807) is 18.5 Å². The number of hydrogen-bond acceptors (Lipinski definition) is 4. The van der Waals surface area contributed by atoms with Crippen LogP contribution < -0.4 is 5.32 Å². The fraction of sp³-hybridized carbons (Fsp3) is 0.111. The molecule has 0 saturated carbocycles. The Morgan fingerprint density at radius 2 is 1.76 bits per heavy atom. The Labute approximate surface area is 197 Å². The molecule has 0 atom stereocenters. The average Bonchev–Trinajstić information content (AvgIpc) is 3.50. The number of rotatable bonds is 6. The molecule has 2 aromatic carbocycles. The van der Waals surface area contributed by atoms with Crippen molar-refractivity contribution in [1.82, 2.24) is 29.9 Å². The molecule has 5 rings (SSSR count). The van der Waals surface area contributed by atoms with E-state index in [9.17, 15) is 4.79 Å². The number of nitrogens with one attached hydrogen (secondary N) is 1. The van der Waals surface area contributed by atoms with Crippen LogP contribution >= 0.6 is 0 Å². The van der Waals surface area contributed by atoms with Gasteiger partial charge in [-0.1, -0.05) is 42.5 Å². The maximum absolute atomic E-state index is 12.9. The highest BCUT2D eigenvalue weighted by atomic mass is 16.1. The number of benzene rings is 2. The molecule has 0 saturated heterocycles. The SMILES string of the molecule is Cc1cc(C)n(-c2ccc(CNC(=O)c3cccc(-n4nccc4-c4ccccc4)c3)cn2)n1. The Bertz CT molecular complexity index is 1430. The van der Waals surface area contributed by atoms with E-state index in [1.807, 2.05) is 96.0 Å². The molecule has 1 amide bonds. The van der Waals surface area contributed by atoms with Gasteiger partial charge in [-0.15, -0.1) is 0 Å². The smallest absolute Gasteiger partial charge is 0.251 e. The van der Waals surface area contributed by atoms with Gasteiger partial charge in [0.05, 0.1) is 23.3 Å². The summed E-state index contributed by atoms with van der Waals surface area (Å²) in [7, 11) is 0. The average molecular weight is 449 g/mol. The highest BCUT2D eigenvalue weighted by Crippen LogP contribution is 2.22. The lowest BCUT2D eigenvalue weighted by atomic mass is 10.1. The normalized spacial score (nSPS) is 10.9. The molecule has 0 bridgehead atoms. The Morgan fingerprint density at radius 3 is 2.50 bits per heavy atom. The van der Waals surface area contributed by atoms with Gasteiger partial charge in [-0.25, -0.2) is 14.3 Å². The second-order valence-corrected chi connectivity index (χ2v) is 8.09. The fourth-order valence-electron chi connectivity index (χ4n) is 3.91. The number of hydrogen-bond donors (Lipinski definition) is 1. The summed E-state index contributed by atoms with van der Waals surface area (Å²) in [6, 6.07) is 25.3. The summed E-state index contributed by atoms with van der Waals surface area (Å²) in [5.74, 6) is 0.597. The largest absolute Gasteiger partial charge is 0.348 e. The van der Waals surface area contributed by atoms with Crippen molar-refractivity contribution in [3.63, 3.8) is 0 Å². The highest BCUT2D eigenvalue weighted by molar-refractivity contribution is 5.94. The van der Waals surface area contributed by atoms with Crippen LogP contribution in [0.25, 0.3) is 22.8 Å². The molecule has 7 nitrogen and oxygen atoms in total. The molecular formula is C27H24N6O. The number of carbonyl (C=O) groups excluding carboxylic acids is 1. The predicted octanol–water partition coefficient (Wildman–Crippen LogP) is 4.67. The zero-order chi connectivity index (χ0) is 23.5. The molecule has 0 fully saturated rings. The number of nitrogens with zero attached hydrogens (tertiary/aromatic N) is 5. The summed E-state index contributed by atoms with van der Waals surface area (Å²) in [5, 5.41) is 11.9. The summed E-state index contributed by atoms with van der Waals surface area (Å²) in [4.78, 5) is 17.4. The Kier molecular flexibility index (Phi) is 5.74. The molecule has 0 aliphatic carbocycles. The van der Waals surface area contributed by atoms with Crippen molar-refractivity contribution in [2.24, 2.45) is 0 Å². The van der Waals surface area contributed by atoms with E-state index in [-0.39, 0.29) is 5.91 Å². The summed E-state index contributed by atoms with van der Waals surface area (Å²) in [6.45, 7) is 4.33. The van der Waals surface area contributed by atoms with Gasteiger partial charge < -0.3 is 5.32 Å². The van der Waals surface area contributed by atoms with Gasteiger partial charge in [0.25, 0.3) is 5.91 Å². The van der Waals surface area contributed by atoms with Gasteiger partial charge in [0.2, 0.25) is 0 Å². The predicted molar refractivity (Wildman–Crippen MR) is 131 cm³/mol. The summed E-state index contributed by atoms with van der Waals surface area (Å²) < 4.78 is 3.65. The Balaban J connectivity index is 1.29. The van der Waals surface area contributed by atoms with Crippen LogP contribution in [0.15, 0.2) is 91.3 Å². The van der Waals surface area contributed by atoms with Gasteiger partial charge in [0.1, 0.15) is 0 Å². The van der Waals surface area contributed by atoms with Crippen molar-refractivity contribution >= 4 is 5.91 Å². The van der Waals surface area contributed by atoms with E-state index in [0.717, 1.165) is 39.7 Å². The van der Waals surface area contributed by atoms with Crippen molar-refractivity contribution in [1.29, 1.82) is 0 Å². The van der Waals surface area contributed by atoms with E-state index >= 15 is 0 Å². The first-order valence-corrected chi connectivity index (χ1v) is 11.1. The van der Waals surface area contributed by atoms with Crippen molar-refractivity contribution in [2.45, 2.75) is 20.4 Å². The van der Waals surface area contributed by atoms with Crippen molar-refractivity contribution in [2.75, 3.05) is 0 Å². The summed E-state index contributed by atoms with van der Waals surface area (Å²) in [5.41, 5.74) is 6.31. The van der Waals surface area contributed by atoms with E-state index in [1.165, 1.54) is 0 Å². The van der Waals surface area contributed by atoms with E-state index in [2.05, 4.69) is 20.5 Å². The molecule has 0 radical (unpaired) electrons. The lowest BCUT2D eigenvalue weighted by molar-refractivity contribution is 0.0951. The van der Waals surface area contributed by atoms with Crippen LogP contribution in [0, 0.1) is 13.8 Å². The van der Waals surface area contributed by atoms with Gasteiger partial charge in [0.15, 0.2) is 5.82 Å². The van der Waals surface area contributed by atoms with Crippen molar-refractivity contribution < 1.29 is 4.79 Å². The molecular weight excluding hydrogens is 424 g/mol. The second-order valence-electron chi connectivity index (χ2n) is 8.09. The van der Waals surface area contributed by atoms with Crippen molar-refractivity contribution in [3.05, 3.63) is 114 Å². The fourth-order valence-corrected chi connectivity index (χ4v) is 3.91. The van der Waals surface area contributed by atoms with Crippen LogP contribution in [0.2, 0.25) is 0 Å². The molecule has 1 N–H and O–H groups in total. The quantitative estimate of drug-likeness (QED) is 0.410. The molecule has 0 aliphatic rings. The van der Waals surface area contributed by atoms with E-state index in [4.69, 9.17) is 0 Å². The zero-order valence-corrected chi connectivity index (χ0v) is 19.0. The molecule has 0 aliphatic heterocycles. The number of aromatic nitrogens is 5. The van der Waals surface area contributed by atoms with Crippen LogP contribution in [-0.4, -0.2) is 30.5 Å². The van der Waals surface area contributed by atoms with Gasteiger partial charge >= 0.3 is 0 Å². The third-order valence-electron chi connectivity index (χ3n) is 5.55. The number of carbonyl (C=O) groups is 1. The number of pyridine rings is 1. The monoisotopic (exact) mass is 448 g/mol. The van der Waals surface area contributed by atoms with Crippen molar-refractivity contribution in [3.8, 4) is 22.8 Å². The molecule has 5 aromatic rings. The van der Waals surface area contributed by atoms with Gasteiger partial charge in [-0.2, -0.15) is 10.2 Å². The Morgan fingerprint density at radius 1 is 0.912 bits per heavy atom. The highest BCUT2D eigenvalue weighted by Gasteiger charge is 2.11. The lowest BCUT2D eigenvalue weighted by Crippen LogP contribution is -2.23. The molecule has 3 aromatic heterocycles. The minimum Gasteiger partial charge on any atom is -0.348 e. The Hall–Kier alpha value is -4.52. The molecule has 3 heterocycles. The van der Waals surface area contributed by atoms with Crippen LogP contribution in [0.5, 0.6) is 0 Å². The molecule has 0 spiro atoms. The van der Waals surface area contributed by atoms with Gasteiger partial charge in [-0.05, 0) is 55.8 Å². The minimum atomic E-state index is -0.155. The van der Waals surface area contributed by atoms with Crippen LogP contribution in [0.4, 0.5) is 0 Å². The second kappa shape index (κ2) is 9.15. The maximum atomic E-state index is 12.9. The molecule has 0 unspecified atom stereocenters. The molecule has 34 heavy (non-hydrogen) atoms. The maximum Gasteiger partial charge on any atom is 0.251 e. The summed E-state index contributed by atoms with van der Waals surface area (Å²) >= 11 is 0. The first-order chi connectivity index (χ1) is 16.6. The molecule has 168 valence electrons. The first-order valence-electron chi connectivity index (χ1n) is 11.1. The van der Waals surface area contributed by atoms with E-state index in [0.29, 0.717) is 12.1 Å². The zero-order valence-electron chi connectivity index (χ0n) is 19.0. The lowest BCUT2D eigenvalue weighted by Gasteiger charge is -2.10. The number of aryl methyl sites for hydroxylation is 2. The summed E-state index contributed by atoms with van der Waals surface area (Å²) in [6.07, 6.45) is 3.52. The first kappa shape index (κ1) is 21.3. The van der Waals surface area contributed by atoms with E-state index < -0.39 is 0 Å². The van der Waals surface area contributed by atoms with Gasteiger partial charge in [-0.3, -0.25) is 4.79 Å².